The zero-order chi connectivity index (χ0) is 16.8. The molecule has 0 saturated heterocycles. The highest BCUT2D eigenvalue weighted by atomic mass is 127. The van der Waals surface area contributed by atoms with Crippen LogP contribution in [-0.2, 0) is 13.0 Å². The lowest BCUT2D eigenvalue weighted by Crippen LogP contribution is -2.38. The molecular weight excluding hydrogens is 429 g/mol. The van der Waals surface area contributed by atoms with Crippen LogP contribution in [0, 0.1) is 6.92 Å². The van der Waals surface area contributed by atoms with Crippen LogP contribution in [0.1, 0.15) is 16.7 Å². The van der Waals surface area contributed by atoms with Crippen molar-refractivity contribution in [2.45, 2.75) is 19.9 Å². The molecule has 0 bridgehead atoms. The molecule has 1 heterocycles. The summed E-state index contributed by atoms with van der Waals surface area (Å²) in [6, 6.07) is 14.4. The summed E-state index contributed by atoms with van der Waals surface area (Å²) >= 11 is 0. The Bertz CT molecular complexity index is 734. The summed E-state index contributed by atoms with van der Waals surface area (Å²) in [5.74, 6) is 2.45. The van der Waals surface area contributed by atoms with E-state index in [1.165, 1.54) is 16.7 Å². The molecule has 3 rings (SSSR count). The first-order valence-corrected chi connectivity index (χ1v) is 8.14. The molecule has 25 heavy (non-hydrogen) atoms. The SMILES string of the molecule is CN=C(NCCc1ccc2c(c1)OCO2)NCc1ccccc1C.I. The van der Waals surface area contributed by atoms with Crippen molar-refractivity contribution in [3.63, 3.8) is 0 Å². The van der Waals surface area contributed by atoms with Crippen LogP contribution in [0.3, 0.4) is 0 Å². The minimum absolute atomic E-state index is 0. The fourth-order valence-electron chi connectivity index (χ4n) is 2.63. The number of halogens is 1. The van der Waals surface area contributed by atoms with Crippen LogP contribution < -0.4 is 20.1 Å². The molecule has 0 spiro atoms. The van der Waals surface area contributed by atoms with E-state index in [1.54, 1.807) is 7.05 Å². The number of aliphatic imine (C=N–C) groups is 1. The number of aryl methyl sites for hydroxylation is 1. The van der Waals surface area contributed by atoms with Crippen molar-refractivity contribution in [3.8, 4) is 11.5 Å². The molecule has 0 radical (unpaired) electrons. The molecule has 0 fully saturated rings. The number of ether oxygens (including phenoxy) is 2. The quantitative estimate of drug-likeness (QED) is 0.415. The molecule has 0 atom stereocenters. The van der Waals surface area contributed by atoms with Crippen molar-refractivity contribution in [3.05, 3.63) is 59.2 Å². The third-order valence-corrected chi connectivity index (χ3v) is 4.07. The second-order valence-electron chi connectivity index (χ2n) is 5.72. The first-order chi connectivity index (χ1) is 11.8. The molecular formula is C19H24IN3O2. The van der Waals surface area contributed by atoms with Gasteiger partial charge < -0.3 is 20.1 Å². The lowest BCUT2D eigenvalue weighted by atomic mass is 10.1. The van der Waals surface area contributed by atoms with Gasteiger partial charge in [-0.25, -0.2) is 0 Å². The van der Waals surface area contributed by atoms with Gasteiger partial charge in [0.1, 0.15) is 0 Å². The van der Waals surface area contributed by atoms with Gasteiger partial charge in [-0.1, -0.05) is 30.3 Å². The molecule has 5 nitrogen and oxygen atoms in total. The fourth-order valence-corrected chi connectivity index (χ4v) is 2.63. The first-order valence-electron chi connectivity index (χ1n) is 8.14. The highest BCUT2D eigenvalue weighted by Crippen LogP contribution is 2.32. The van der Waals surface area contributed by atoms with Gasteiger partial charge in [0.15, 0.2) is 17.5 Å². The number of guanidine groups is 1. The molecule has 2 N–H and O–H groups in total. The molecule has 2 aromatic rings. The zero-order valence-corrected chi connectivity index (χ0v) is 16.9. The van der Waals surface area contributed by atoms with E-state index in [2.05, 4.69) is 52.9 Å². The molecule has 1 aliphatic heterocycles. The standard InChI is InChI=1S/C19H23N3O2.HI/c1-14-5-3-4-6-16(14)12-22-19(20-2)21-10-9-15-7-8-17-18(11-15)24-13-23-17;/h3-8,11H,9-10,12-13H2,1-2H3,(H2,20,21,22);1H. The Morgan fingerprint density at radius 2 is 1.88 bits per heavy atom. The van der Waals surface area contributed by atoms with Gasteiger partial charge in [-0.05, 0) is 42.2 Å². The Morgan fingerprint density at radius 1 is 1.08 bits per heavy atom. The van der Waals surface area contributed by atoms with Gasteiger partial charge >= 0.3 is 0 Å². The summed E-state index contributed by atoms with van der Waals surface area (Å²) in [6.07, 6.45) is 0.891. The maximum Gasteiger partial charge on any atom is 0.231 e. The number of rotatable bonds is 5. The second-order valence-corrected chi connectivity index (χ2v) is 5.72. The predicted octanol–water partition coefficient (Wildman–Crippen LogP) is 3.25. The van der Waals surface area contributed by atoms with Crippen LogP contribution in [0.2, 0.25) is 0 Å². The largest absolute Gasteiger partial charge is 0.454 e. The minimum atomic E-state index is 0. The summed E-state index contributed by atoms with van der Waals surface area (Å²) in [5, 5.41) is 6.69. The average molecular weight is 453 g/mol. The van der Waals surface area contributed by atoms with Crippen molar-refractivity contribution >= 4 is 29.9 Å². The van der Waals surface area contributed by atoms with Crippen molar-refractivity contribution < 1.29 is 9.47 Å². The highest BCUT2D eigenvalue weighted by molar-refractivity contribution is 14.0. The van der Waals surface area contributed by atoms with Gasteiger partial charge in [0.05, 0.1) is 0 Å². The summed E-state index contributed by atoms with van der Waals surface area (Å²) < 4.78 is 10.7. The molecule has 0 aliphatic carbocycles. The van der Waals surface area contributed by atoms with Crippen molar-refractivity contribution in [1.29, 1.82) is 0 Å². The minimum Gasteiger partial charge on any atom is -0.454 e. The molecule has 0 saturated carbocycles. The number of nitrogens with one attached hydrogen (secondary N) is 2. The van der Waals surface area contributed by atoms with E-state index in [4.69, 9.17) is 9.47 Å². The monoisotopic (exact) mass is 453 g/mol. The van der Waals surface area contributed by atoms with Crippen LogP contribution in [0.4, 0.5) is 0 Å². The van der Waals surface area contributed by atoms with E-state index in [9.17, 15) is 0 Å². The molecule has 0 aromatic heterocycles. The number of hydrogen-bond donors (Lipinski definition) is 2. The Kier molecular flexibility index (Phi) is 7.36. The van der Waals surface area contributed by atoms with Gasteiger partial charge in [-0.3, -0.25) is 4.99 Å². The smallest absolute Gasteiger partial charge is 0.231 e. The maximum atomic E-state index is 5.41. The van der Waals surface area contributed by atoms with Crippen LogP contribution >= 0.6 is 24.0 Å². The summed E-state index contributed by atoms with van der Waals surface area (Å²) in [7, 11) is 1.79. The predicted molar refractivity (Wildman–Crippen MR) is 111 cm³/mol. The third kappa shape index (κ3) is 5.26. The van der Waals surface area contributed by atoms with E-state index in [-0.39, 0.29) is 24.0 Å². The molecule has 1 aliphatic rings. The average Bonchev–Trinajstić information content (AvgIpc) is 3.07. The van der Waals surface area contributed by atoms with E-state index in [0.29, 0.717) is 6.79 Å². The fraction of sp³-hybridized carbons (Fsp3) is 0.316. The van der Waals surface area contributed by atoms with Gasteiger partial charge in [0.25, 0.3) is 0 Å². The van der Waals surface area contributed by atoms with Crippen LogP contribution in [0.25, 0.3) is 0 Å². The molecule has 0 unspecified atom stereocenters. The van der Waals surface area contributed by atoms with Gasteiger partial charge in [-0.15, -0.1) is 24.0 Å². The van der Waals surface area contributed by atoms with Gasteiger partial charge in [0, 0.05) is 20.1 Å². The number of benzene rings is 2. The summed E-state index contributed by atoms with van der Waals surface area (Å²) in [4.78, 5) is 4.27. The molecule has 134 valence electrons. The topological polar surface area (TPSA) is 54.9 Å². The highest BCUT2D eigenvalue weighted by Gasteiger charge is 2.12. The van der Waals surface area contributed by atoms with E-state index < -0.39 is 0 Å². The summed E-state index contributed by atoms with van der Waals surface area (Å²) in [6.45, 7) is 3.99. The third-order valence-electron chi connectivity index (χ3n) is 4.07. The van der Waals surface area contributed by atoms with Crippen LogP contribution in [0.15, 0.2) is 47.5 Å². The second kappa shape index (κ2) is 9.50. The van der Waals surface area contributed by atoms with Gasteiger partial charge in [0.2, 0.25) is 6.79 Å². The molecule has 0 amide bonds. The molecule has 2 aromatic carbocycles. The lowest BCUT2D eigenvalue weighted by molar-refractivity contribution is 0.174. The zero-order valence-electron chi connectivity index (χ0n) is 14.5. The Labute approximate surface area is 165 Å². The van der Waals surface area contributed by atoms with Crippen LogP contribution in [0.5, 0.6) is 11.5 Å². The maximum absolute atomic E-state index is 5.41. The Hall–Kier alpha value is -1.96. The molecule has 6 heteroatoms. The van der Waals surface area contributed by atoms with Gasteiger partial charge in [-0.2, -0.15) is 0 Å². The number of nitrogens with zero attached hydrogens (tertiary/aromatic N) is 1. The normalized spacial score (nSPS) is 12.5. The number of hydrogen-bond acceptors (Lipinski definition) is 3. The summed E-state index contributed by atoms with van der Waals surface area (Å²) in [5.41, 5.74) is 3.76. The Balaban J connectivity index is 0.00000225. The van der Waals surface area contributed by atoms with Crippen LogP contribution in [-0.4, -0.2) is 26.3 Å². The first kappa shape index (κ1) is 19.4. The Morgan fingerprint density at radius 3 is 2.68 bits per heavy atom. The van der Waals surface area contributed by atoms with Crippen molar-refractivity contribution in [2.24, 2.45) is 4.99 Å². The van der Waals surface area contributed by atoms with E-state index in [1.807, 2.05) is 12.1 Å². The van der Waals surface area contributed by atoms with E-state index in [0.717, 1.165) is 37.0 Å². The number of fused-ring (bicyclic) bond motifs is 1. The van der Waals surface area contributed by atoms with Crippen molar-refractivity contribution in [1.82, 2.24) is 10.6 Å². The van der Waals surface area contributed by atoms with Crippen molar-refractivity contribution in [2.75, 3.05) is 20.4 Å². The van der Waals surface area contributed by atoms with E-state index >= 15 is 0 Å². The lowest BCUT2D eigenvalue weighted by Gasteiger charge is -2.13.